The number of fused-ring (bicyclic) bond motifs is 1. The molecule has 2 aliphatic heterocycles. The summed E-state index contributed by atoms with van der Waals surface area (Å²) in [4.78, 5) is 29.4. The highest BCUT2D eigenvalue weighted by molar-refractivity contribution is 5.99. The maximum absolute atomic E-state index is 13.8. The van der Waals surface area contributed by atoms with Gasteiger partial charge in [-0.1, -0.05) is 67.4 Å². The number of aliphatic hydroxyl groups excluding tert-OH is 1. The number of ether oxygens (including phenoxy) is 3. The van der Waals surface area contributed by atoms with E-state index in [4.69, 9.17) is 14.2 Å². The Kier molecular flexibility index (Phi) is 12.2. The Hall–Kier alpha value is -4.74. The second-order valence-electron chi connectivity index (χ2n) is 16.1. The molecule has 3 aliphatic rings. The van der Waals surface area contributed by atoms with E-state index in [1.165, 1.54) is 19.3 Å². The fraction of sp³-hybridized carbons (Fsp3) is 0.422. The highest BCUT2D eigenvalue weighted by atomic mass is 16.7. The van der Waals surface area contributed by atoms with Crippen LogP contribution in [-0.2, 0) is 20.9 Å². The van der Waals surface area contributed by atoms with Gasteiger partial charge in [0.05, 0.1) is 24.9 Å². The van der Waals surface area contributed by atoms with Crippen LogP contribution in [0.4, 0.5) is 16.2 Å². The first-order valence-corrected chi connectivity index (χ1v) is 19.7. The first-order chi connectivity index (χ1) is 26.6. The molecule has 0 aromatic heterocycles. The standard InChI is InChI=1S/C45H54N4O6/c1-45(2,3)48-42(51)40-25-20-31-10-7-8-15-39(31)49(40)28-38-27-41(32-18-16-30(29-50)17-19-32)55-43(54-38)33-11-9-12-35(26-33)47-44(52)46-34-21-23-37(24-22-34)53-36-13-5-4-6-14-36/h4-6,9,11-14,16-19,21-24,26,31,38-41,43,50H,7-8,10,15,20,25,27-29H2,1-3H3,(H,48,51)(H2,46,47,52)/t31-,38+,39-,40-,41-,43-/m1/s1. The number of hydrogen-bond donors (Lipinski definition) is 4. The van der Waals surface area contributed by atoms with Crippen molar-refractivity contribution in [3.8, 4) is 11.5 Å². The topological polar surface area (TPSA) is 121 Å². The normalized spacial score (nSPS) is 24.3. The van der Waals surface area contributed by atoms with E-state index in [1.807, 2.05) is 112 Å². The van der Waals surface area contributed by atoms with Gasteiger partial charge in [-0.25, -0.2) is 4.79 Å². The highest BCUT2D eigenvalue weighted by Crippen LogP contribution is 2.42. The van der Waals surface area contributed by atoms with Crippen LogP contribution in [0, 0.1) is 5.92 Å². The van der Waals surface area contributed by atoms with Gasteiger partial charge in [0, 0.05) is 41.5 Å². The average Bonchev–Trinajstić information content (AvgIpc) is 3.18. The van der Waals surface area contributed by atoms with Crippen LogP contribution in [0.1, 0.15) is 94.8 Å². The van der Waals surface area contributed by atoms with Crippen molar-refractivity contribution >= 4 is 23.3 Å². The molecule has 0 bridgehead atoms. The number of anilines is 2. The molecule has 2 saturated heterocycles. The maximum Gasteiger partial charge on any atom is 0.323 e. The fourth-order valence-corrected chi connectivity index (χ4v) is 8.28. The van der Waals surface area contributed by atoms with E-state index < -0.39 is 6.29 Å². The number of aliphatic hydroxyl groups is 1. The van der Waals surface area contributed by atoms with Crippen molar-refractivity contribution in [2.75, 3.05) is 17.2 Å². The maximum atomic E-state index is 13.8. The van der Waals surface area contributed by atoms with Crippen molar-refractivity contribution in [2.45, 2.75) is 108 Å². The third-order valence-corrected chi connectivity index (χ3v) is 10.8. The van der Waals surface area contributed by atoms with Gasteiger partial charge in [0.15, 0.2) is 6.29 Å². The molecule has 2 heterocycles. The smallest absolute Gasteiger partial charge is 0.323 e. The molecule has 0 spiro atoms. The van der Waals surface area contributed by atoms with E-state index in [2.05, 4.69) is 20.9 Å². The summed E-state index contributed by atoms with van der Waals surface area (Å²) in [5.41, 5.74) is 3.51. The summed E-state index contributed by atoms with van der Waals surface area (Å²) in [6.07, 6.45) is 6.02. The molecule has 6 atom stereocenters. The van der Waals surface area contributed by atoms with Crippen LogP contribution in [0.2, 0.25) is 0 Å². The van der Waals surface area contributed by atoms with Gasteiger partial charge in [-0.2, -0.15) is 0 Å². The van der Waals surface area contributed by atoms with Gasteiger partial charge < -0.3 is 35.3 Å². The van der Waals surface area contributed by atoms with Crippen molar-refractivity contribution in [3.05, 3.63) is 120 Å². The minimum absolute atomic E-state index is 0.0307. The molecule has 0 unspecified atom stereocenters. The van der Waals surface area contributed by atoms with Gasteiger partial charge in [-0.15, -0.1) is 0 Å². The molecule has 4 aromatic carbocycles. The Morgan fingerprint density at radius 1 is 0.782 bits per heavy atom. The second kappa shape index (κ2) is 17.4. The summed E-state index contributed by atoms with van der Waals surface area (Å²) >= 11 is 0. The monoisotopic (exact) mass is 746 g/mol. The third-order valence-electron chi connectivity index (χ3n) is 10.8. The number of carbonyl (C=O) groups is 2. The van der Waals surface area contributed by atoms with Crippen molar-refractivity contribution in [1.29, 1.82) is 0 Å². The number of likely N-dealkylation sites (tertiary alicyclic amines) is 1. The molecular formula is C45H54N4O6. The van der Waals surface area contributed by atoms with E-state index >= 15 is 0 Å². The Bertz CT molecular complexity index is 1880. The quantitative estimate of drug-likeness (QED) is 0.128. The van der Waals surface area contributed by atoms with E-state index in [0.29, 0.717) is 42.0 Å². The number of piperidine rings is 1. The molecule has 4 N–H and O–H groups in total. The van der Waals surface area contributed by atoms with Crippen molar-refractivity contribution < 1.29 is 28.9 Å². The number of para-hydroxylation sites is 1. The number of urea groups is 1. The lowest BCUT2D eigenvalue weighted by atomic mass is 9.75. The van der Waals surface area contributed by atoms with Gasteiger partial charge in [-0.3, -0.25) is 9.69 Å². The molecule has 1 aliphatic carbocycles. The number of benzene rings is 4. The lowest BCUT2D eigenvalue weighted by molar-refractivity contribution is -0.255. The molecular weight excluding hydrogens is 693 g/mol. The SMILES string of the molecule is CC(C)(C)NC(=O)[C@H]1CC[C@H]2CCCC[C@H]2N1C[C@@H]1C[C@H](c2ccc(CO)cc2)O[C@H](c2cccc(NC(=O)Nc3ccc(Oc4ccccc4)cc3)c2)O1. The molecule has 3 amide bonds. The second-order valence-corrected chi connectivity index (χ2v) is 16.1. The van der Waals surface area contributed by atoms with Crippen LogP contribution in [-0.4, -0.2) is 52.2 Å². The zero-order valence-corrected chi connectivity index (χ0v) is 32.1. The Labute approximate surface area is 324 Å². The van der Waals surface area contributed by atoms with Crippen LogP contribution < -0.4 is 20.7 Å². The molecule has 10 nitrogen and oxygen atoms in total. The molecule has 1 saturated carbocycles. The summed E-state index contributed by atoms with van der Waals surface area (Å²) in [7, 11) is 0. The first-order valence-electron chi connectivity index (χ1n) is 19.7. The third kappa shape index (κ3) is 10.1. The number of rotatable bonds is 10. The Morgan fingerprint density at radius 3 is 2.25 bits per heavy atom. The zero-order valence-electron chi connectivity index (χ0n) is 32.1. The van der Waals surface area contributed by atoms with Crippen molar-refractivity contribution in [3.63, 3.8) is 0 Å². The molecule has 55 heavy (non-hydrogen) atoms. The predicted molar refractivity (Wildman–Crippen MR) is 214 cm³/mol. The van der Waals surface area contributed by atoms with Crippen LogP contribution in [0.5, 0.6) is 11.5 Å². The number of carbonyl (C=O) groups excluding carboxylic acids is 2. The summed E-state index contributed by atoms with van der Waals surface area (Å²) in [6.45, 7) is 6.69. The molecule has 7 rings (SSSR count). The zero-order chi connectivity index (χ0) is 38.4. The summed E-state index contributed by atoms with van der Waals surface area (Å²) in [5, 5.41) is 18.8. The van der Waals surface area contributed by atoms with E-state index in [9.17, 15) is 14.7 Å². The molecule has 0 radical (unpaired) electrons. The van der Waals surface area contributed by atoms with Gasteiger partial charge in [0.1, 0.15) is 11.5 Å². The summed E-state index contributed by atoms with van der Waals surface area (Å²) < 4.78 is 19.4. The largest absolute Gasteiger partial charge is 0.457 e. The van der Waals surface area contributed by atoms with Crippen LogP contribution in [0.3, 0.4) is 0 Å². The van der Waals surface area contributed by atoms with Crippen molar-refractivity contribution in [1.82, 2.24) is 10.2 Å². The van der Waals surface area contributed by atoms with Gasteiger partial charge >= 0.3 is 6.03 Å². The van der Waals surface area contributed by atoms with Crippen LogP contribution in [0.25, 0.3) is 0 Å². The lowest BCUT2D eigenvalue weighted by Gasteiger charge is -2.50. The van der Waals surface area contributed by atoms with E-state index in [0.717, 1.165) is 41.7 Å². The summed E-state index contributed by atoms with van der Waals surface area (Å²) in [5.74, 6) is 2.08. The van der Waals surface area contributed by atoms with Gasteiger partial charge in [0.2, 0.25) is 5.91 Å². The molecule has 290 valence electrons. The van der Waals surface area contributed by atoms with Crippen LogP contribution >= 0.6 is 0 Å². The predicted octanol–water partition coefficient (Wildman–Crippen LogP) is 9.10. The minimum Gasteiger partial charge on any atom is -0.457 e. The first kappa shape index (κ1) is 38.5. The number of nitrogens with zero attached hydrogens (tertiary/aromatic N) is 1. The Balaban J connectivity index is 1.08. The number of amides is 3. The Morgan fingerprint density at radius 2 is 1.51 bits per heavy atom. The van der Waals surface area contributed by atoms with Gasteiger partial charge in [-0.05, 0) is 112 Å². The van der Waals surface area contributed by atoms with Gasteiger partial charge in [0.25, 0.3) is 0 Å². The van der Waals surface area contributed by atoms with E-state index in [1.54, 1.807) is 12.1 Å². The minimum atomic E-state index is -0.711. The lowest BCUT2D eigenvalue weighted by Crippen LogP contribution is -2.61. The molecule has 10 heteroatoms. The molecule has 3 fully saturated rings. The highest BCUT2D eigenvalue weighted by Gasteiger charge is 2.44. The number of hydrogen-bond acceptors (Lipinski definition) is 7. The summed E-state index contributed by atoms with van der Waals surface area (Å²) in [6, 6.07) is 31.9. The van der Waals surface area contributed by atoms with E-state index in [-0.39, 0.29) is 42.3 Å². The number of nitrogens with one attached hydrogen (secondary N) is 3. The molecule has 4 aromatic rings. The fourth-order valence-electron chi connectivity index (χ4n) is 8.28. The van der Waals surface area contributed by atoms with Crippen molar-refractivity contribution in [2.24, 2.45) is 5.92 Å². The van der Waals surface area contributed by atoms with Crippen LogP contribution in [0.15, 0.2) is 103 Å². The average molecular weight is 747 g/mol.